The summed E-state index contributed by atoms with van der Waals surface area (Å²) < 4.78 is 16.5. The predicted molar refractivity (Wildman–Crippen MR) is 112 cm³/mol. The van der Waals surface area contributed by atoms with E-state index in [2.05, 4.69) is 10.3 Å². The summed E-state index contributed by atoms with van der Waals surface area (Å²) in [6.45, 7) is 3.19. The first-order chi connectivity index (χ1) is 14.5. The van der Waals surface area contributed by atoms with Gasteiger partial charge in [-0.25, -0.2) is 4.79 Å². The van der Waals surface area contributed by atoms with Gasteiger partial charge in [0.05, 0.1) is 26.9 Å². The standard InChI is InChI=1S/C22H28N2O6/c1-5-10-23-11-14-16(13-8-9-15(28-2)21(30-4)20(13)29-3)17(18(24-14)22(26)27)19(25)12-6-7-12/h8-9,12,23-24H,5-7,10-11H2,1-4H3,(H,26,27). The Bertz CT molecular complexity index is 946. The summed E-state index contributed by atoms with van der Waals surface area (Å²) in [6.07, 6.45) is 2.47. The third-order valence-corrected chi connectivity index (χ3v) is 5.19. The van der Waals surface area contributed by atoms with Crippen LogP contribution in [-0.4, -0.2) is 49.7 Å². The van der Waals surface area contributed by atoms with Gasteiger partial charge in [-0.05, 0) is 37.9 Å². The predicted octanol–water partition coefficient (Wildman–Crippen LogP) is 3.50. The molecule has 3 N–H and O–H groups in total. The molecule has 8 nitrogen and oxygen atoms in total. The monoisotopic (exact) mass is 416 g/mol. The molecule has 1 aliphatic rings. The number of ether oxygens (including phenoxy) is 3. The quantitative estimate of drug-likeness (QED) is 0.380. The highest BCUT2D eigenvalue weighted by atomic mass is 16.5. The van der Waals surface area contributed by atoms with Crippen LogP contribution in [0.1, 0.15) is 52.7 Å². The number of carbonyl (C=O) groups excluding carboxylic acids is 1. The molecule has 3 rings (SSSR count). The van der Waals surface area contributed by atoms with Gasteiger partial charge in [0.15, 0.2) is 17.3 Å². The van der Waals surface area contributed by atoms with E-state index in [4.69, 9.17) is 14.2 Å². The third-order valence-electron chi connectivity index (χ3n) is 5.19. The Hall–Kier alpha value is -3.00. The Morgan fingerprint density at radius 2 is 1.83 bits per heavy atom. The molecule has 1 saturated carbocycles. The summed E-state index contributed by atoms with van der Waals surface area (Å²) in [5.41, 5.74) is 1.84. The topological polar surface area (TPSA) is 110 Å². The second kappa shape index (κ2) is 9.21. The molecule has 1 aliphatic carbocycles. The highest BCUT2D eigenvalue weighted by Gasteiger charge is 2.38. The Kier molecular flexibility index (Phi) is 6.66. The molecule has 8 heteroatoms. The van der Waals surface area contributed by atoms with Crippen molar-refractivity contribution in [1.82, 2.24) is 10.3 Å². The van der Waals surface area contributed by atoms with E-state index in [1.54, 1.807) is 12.1 Å². The normalized spacial score (nSPS) is 13.2. The molecule has 0 aliphatic heterocycles. The first kappa shape index (κ1) is 21.7. The number of carboxylic acids is 1. The van der Waals surface area contributed by atoms with Crippen LogP contribution >= 0.6 is 0 Å². The van der Waals surface area contributed by atoms with Crippen molar-refractivity contribution in [2.24, 2.45) is 5.92 Å². The minimum Gasteiger partial charge on any atom is -0.493 e. The summed E-state index contributed by atoms with van der Waals surface area (Å²) in [6, 6.07) is 3.49. The van der Waals surface area contributed by atoms with Gasteiger partial charge in [0.1, 0.15) is 5.69 Å². The van der Waals surface area contributed by atoms with Gasteiger partial charge < -0.3 is 29.6 Å². The number of hydrogen-bond acceptors (Lipinski definition) is 6. The van der Waals surface area contributed by atoms with E-state index in [0.717, 1.165) is 25.8 Å². The van der Waals surface area contributed by atoms with Gasteiger partial charge in [0, 0.05) is 29.3 Å². The van der Waals surface area contributed by atoms with Crippen molar-refractivity contribution in [1.29, 1.82) is 0 Å². The molecule has 1 aromatic heterocycles. The summed E-state index contributed by atoms with van der Waals surface area (Å²) in [5.74, 6) is -0.214. The van der Waals surface area contributed by atoms with Crippen molar-refractivity contribution in [3.05, 3.63) is 29.1 Å². The van der Waals surface area contributed by atoms with Gasteiger partial charge in [0.2, 0.25) is 5.75 Å². The lowest BCUT2D eigenvalue weighted by atomic mass is 9.94. The number of ketones is 1. The van der Waals surface area contributed by atoms with Gasteiger partial charge in [-0.2, -0.15) is 0 Å². The fraction of sp³-hybridized carbons (Fsp3) is 0.455. The second-order valence-corrected chi connectivity index (χ2v) is 7.23. The zero-order chi connectivity index (χ0) is 21.8. The number of aromatic carboxylic acids is 1. The minimum atomic E-state index is -1.17. The number of hydrogen-bond donors (Lipinski definition) is 3. The lowest BCUT2D eigenvalue weighted by molar-refractivity contribution is 0.0685. The van der Waals surface area contributed by atoms with E-state index in [1.807, 2.05) is 6.92 Å². The number of nitrogens with one attached hydrogen (secondary N) is 2. The molecule has 0 amide bonds. The lowest BCUT2D eigenvalue weighted by Crippen LogP contribution is -2.15. The smallest absolute Gasteiger partial charge is 0.353 e. The maximum Gasteiger partial charge on any atom is 0.353 e. The Morgan fingerprint density at radius 1 is 1.13 bits per heavy atom. The van der Waals surface area contributed by atoms with E-state index in [9.17, 15) is 14.7 Å². The third kappa shape index (κ3) is 4.00. The molecule has 0 radical (unpaired) electrons. The SMILES string of the molecule is CCCNCc1[nH]c(C(=O)O)c(C(=O)C2CC2)c1-c1ccc(OC)c(OC)c1OC. The van der Waals surface area contributed by atoms with Crippen LogP contribution in [-0.2, 0) is 6.54 Å². The molecule has 1 heterocycles. The van der Waals surface area contributed by atoms with Gasteiger partial charge in [-0.1, -0.05) is 6.92 Å². The van der Waals surface area contributed by atoms with Crippen molar-refractivity contribution in [3.63, 3.8) is 0 Å². The number of methoxy groups -OCH3 is 3. The van der Waals surface area contributed by atoms with E-state index in [0.29, 0.717) is 40.6 Å². The molecular weight excluding hydrogens is 388 g/mol. The van der Waals surface area contributed by atoms with Crippen molar-refractivity contribution >= 4 is 11.8 Å². The Labute approximate surface area is 175 Å². The first-order valence-electron chi connectivity index (χ1n) is 10.0. The highest BCUT2D eigenvalue weighted by molar-refractivity contribution is 6.12. The summed E-state index contributed by atoms with van der Waals surface area (Å²) in [7, 11) is 4.53. The minimum absolute atomic E-state index is 0.0907. The van der Waals surface area contributed by atoms with Crippen LogP contribution in [0.4, 0.5) is 0 Å². The molecule has 0 spiro atoms. The molecule has 0 unspecified atom stereocenters. The molecule has 162 valence electrons. The average Bonchev–Trinajstić information content (AvgIpc) is 3.53. The van der Waals surface area contributed by atoms with Crippen LogP contribution in [0.5, 0.6) is 17.2 Å². The zero-order valence-electron chi connectivity index (χ0n) is 17.8. The van der Waals surface area contributed by atoms with Crippen molar-refractivity contribution in [2.75, 3.05) is 27.9 Å². The number of benzene rings is 1. The number of aromatic nitrogens is 1. The molecule has 1 aromatic carbocycles. The molecule has 0 atom stereocenters. The number of carboxylic acid groups (broad SMARTS) is 1. The number of Topliss-reactive ketones (excluding diaryl/α,β-unsaturated/α-hetero) is 1. The van der Waals surface area contributed by atoms with Gasteiger partial charge >= 0.3 is 5.97 Å². The zero-order valence-corrected chi connectivity index (χ0v) is 17.8. The summed E-state index contributed by atoms with van der Waals surface area (Å²) >= 11 is 0. The van der Waals surface area contributed by atoms with Crippen LogP contribution < -0.4 is 19.5 Å². The molecule has 1 fully saturated rings. The fourth-order valence-electron chi connectivity index (χ4n) is 3.63. The Balaban J connectivity index is 2.28. The van der Waals surface area contributed by atoms with E-state index >= 15 is 0 Å². The second-order valence-electron chi connectivity index (χ2n) is 7.23. The van der Waals surface area contributed by atoms with E-state index in [1.165, 1.54) is 21.3 Å². The maximum atomic E-state index is 13.1. The number of rotatable bonds is 11. The average molecular weight is 416 g/mol. The fourth-order valence-corrected chi connectivity index (χ4v) is 3.63. The number of aromatic amines is 1. The van der Waals surface area contributed by atoms with Gasteiger partial charge in [-0.3, -0.25) is 4.79 Å². The van der Waals surface area contributed by atoms with Crippen molar-refractivity contribution in [3.8, 4) is 28.4 Å². The van der Waals surface area contributed by atoms with E-state index in [-0.39, 0.29) is 23.0 Å². The summed E-state index contributed by atoms with van der Waals surface area (Å²) in [4.78, 5) is 28.1. The van der Waals surface area contributed by atoms with Gasteiger partial charge in [-0.15, -0.1) is 0 Å². The van der Waals surface area contributed by atoms with Crippen LogP contribution in [0.2, 0.25) is 0 Å². The van der Waals surface area contributed by atoms with Crippen LogP contribution in [0, 0.1) is 5.92 Å². The van der Waals surface area contributed by atoms with Crippen molar-refractivity contribution < 1.29 is 28.9 Å². The molecule has 30 heavy (non-hydrogen) atoms. The van der Waals surface area contributed by atoms with Crippen LogP contribution in [0.3, 0.4) is 0 Å². The lowest BCUT2D eigenvalue weighted by Gasteiger charge is -2.17. The molecule has 0 bridgehead atoms. The van der Waals surface area contributed by atoms with Crippen molar-refractivity contribution in [2.45, 2.75) is 32.7 Å². The molecule has 2 aromatic rings. The number of carbonyl (C=O) groups is 2. The van der Waals surface area contributed by atoms with Crippen LogP contribution in [0.25, 0.3) is 11.1 Å². The largest absolute Gasteiger partial charge is 0.493 e. The molecular formula is C22H28N2O6. The van der Waals surface area contributed by atoms with E-state index < -0.39 is 5.97 Å². The van der Waals surface area contributed by atoms with Crippen LogP contribution in [0.15, 0.2) is 12.1 Å². The summed E-state index contributed by atoms with van der Waals surface area (Å²) in [5, 5.41) is 13.1. The highest BCUT2D eigenvalue weighted by Crippen LogP contribution is 2.48. The Morgan fingerprint density at radius 3 is 2.37 bits per heavy atom. The first-order valence-corrected chi connectivity index (χ1v) is 10.0. The molecule has 0 saturated heterocycles. The van der Waals surface area contributed by atoms with Gasteiger partial charge in [0.25, 0.3) is 0 Å². The number of H-pyrrole nitrogens is 1. The maximum absolute atomic E-state index is 13.1.